The largest absolute Gasteiger partial charge is 0.495 e. The van der Waals surface area contributed by atoms with E-state index in [9.17, 15) is 9.59 Å². The Labute approximate surface area is 165 Å². The lowest BCUT2D eigenvalue weighted by molar-refractivity contribution is -0.115. The summed E-state index contributed by atoms with van der Waals surface area (Å²) >= 11 is 17.8. The van der Waals surface area contributed by atoms with E-state index in [2.05, 4.69) is 10.6 Å². The van der Waals surface area contributed by atoms with Crippen molar-refractivity contribution in [1.29, 1.82) is 0 Å². The fraction of sp³-hybridized carbons (Fsp3) is 0.176. The van der Waals surface area contributed by atoms with Gasteiger partial charge in [0.1, 0.15) is 11.5 Å². The standard InChI is InChI=1S/C17H15Cl3N2O4/c1-25-14-7-13(15(26-2)6-12(14)20)22-16(23)8-21-17(24)10-4-3-9(18)5-11(10)19/h3-7H,8H2,1-2H3,(H,21,24)(H,22,23). The van der Waals surface area contributed by atoms with E-state index in [1.54, 1.807) is 0 Å². The molecule has 0 heterocycles. The zero-order valence-electron chi connectivity index (χ0n) is 13.9. The minimum atomic E-state index is -0.498. The van der Waals surface area contributed by atoms with Gasteiger partial charge in [0.05, 0.1) is 42.1 Å². The molecule has 0 saturated carbocycles. The third kappa shape index (κ3) is 4.94. The highest BCUT2D eigenvalue weighted by molar-refractivity contribution is 6.36. The van der Waals surface area contributed by atoms with Crippen LogP contribution in [-0.4, -0.2) is 32.6 Å². The molecule has 0 aromatic heterocycles. The molecule has 0 bridgehead atoms. The molecule has 0 saturated heterocycles. The van der Waals surface area contributed by atoms with Crippen LogP contribution in [0.2, 0.25) is 15.1 Å². The molecular formula is C17H15Cl3N2O4. The Bertz CT molecular complexity index is 843. The van der Waals surface area contributed by atoms with Crippen LogP contribution in [0.4, 0.5) is 5.69 Å². The van der Waals surface area contributed by atoms with Crippen LogP contribution in [0.5, 0.6) is 11.5 Å². The first kappa shape index (κ1) is 20.2. The second-order valence-electron chi connectivity index (χ2n) is 5.04. The summed E-state index contributed by atoms with van der Waals surface area (Å²) < 4.78 is 10.3. The molecule has 9 heteroatoms. The number of carbonyl (C=O) groups is 2. The molecule has 0 fully saturated rings. The summed E-state index contributed by atoms with van der Waals surface area (Å²) in [7, 11) is 2.90. The molecule has 0 radical (unpaired) electrons. The minimum Gasteiger partial charge on any atom is -0.495 e. The van der Waals surface area contributed by atoms with Crippen LogP contribution in [0, 0.1) is 0 Å². The van der Waals surface area contributed by atoms with Crippen LogP contribution < -0.4 is 20.1 Å². The lowest BCUT2D eigenvalue weighted by atomic mass is 10.2. The van der Waals surface area contributed by atoms with E-state index < -0.39 is 11.8 Å². The molecule has 0 aliphatic rings. The lowest BCUT2D eigenvalue weighted by Gasteiger charge is -2.13. The lowest BCUT2D eigenvalue weighted by Crippen LogP contribution is -2.33. The fourth-order valence-corrected chi connectivity index (χ4v) is 2.81. The Morgan fingerprint density at radius 2 is 1.65 bits per heavy atom. The van der Waals surface area contributed by atoms with Crippen LogP contribution in [0.1, 0.15) is 10.4 Å². The van der Waals surface area contributed by atoms with Gasteiger partial charge in [0.15, 0.2) is 0 Å². The molecule has 0 aliphatic heterocycles. The average Bonchev–Trinajstić information content (AvgIpc) is 2.60. The van der Waals surface area contributed by atoms with Crippen molar-refractivity contribution in [2.75, 3.05) is 26.1 Å². The quantitative estimate of drug-likeness (QED) is 0.744. The van der Waals surface area contributed by atoms with Gasteiger partial charge in [0, 0.05) is 17.2 Å². The second kappa shape index (κ2) is 8.98. The zero-order valence-corrected chi connectivity index (χ0v) is 16.1. The van der Waals surface area contributed by atoms with Crippen LogP contribution in [0.3, 0.4) is 0 Å². The van der Waals surface area contributed by atoms with Gasteiger partial charge >= 0.3 is 0 Å². The van der Waals surface area contributed by atoms with Crippen LogP contribution in [-0.2, 0) is 4.79 Å². The first-order valence-corrected chi connectivity index (χ1v) is 8.43. The smallest absolute Gasteiger partial charge is 0.253 e. The Kier molecular flexibility index (Phi) is 6.97. The third-order valence-electron chi connectivity index (χ3n) is 3.33. The van der Waals surface area contributed by atoms with Gasteiger partial charge in [-0.3, -0.25) is 9.59 Å². The molecule has 2 aromatic carbocycles. The molecule has 2 rings (SSSR count). The van der Waals surface area contributed by atoms with Crippen LogP contribution in [0.25, 0.3) is 0 Å². The van der Waals surface area contributed by atoms with Gasteiger partial charge in [-0.2, -0.15) is 0 Å². The summed E-state index contributed by atoms with van der Waals surface area (Å²) in [5.41, 5.74) is 0.576. The molecule has 0 aliphatic carbocycles. The minimum absolute atomic E-state index is 0.194. The van der Waals surface area contributed by atoms with Gasteiger partial charge in [-0.15, -0.1) is 0 Å². The highest BCUT2D eigenvalue weighted by atomic mass is 35.5. The van der Waals surface area contributed by atoms with E-state index in [1.165, 1.54) is 44.6 Å². The Morgan fingerprint density at radius 3 is 2.27 bits per heavy atom. The summed E-state index contributed by atoms with van der Waals surface area (Å²) in [6.45, 7) is -0.272. The molecule has 138 valence electrons. The molecular weight excluding hydrogens is 403 g/mol. The van der Waals surface area contributed by atoms with Gasteiger partial charge in [-0.25, -0.2) is 0 Å². The van der Waals surface area contributed by atoms with Crippen molar-refractivity contribution < 1.29 is 19.1 Å². The van der Waals surface area contributed by atoms with E-state index in [0.717, 1.165) is 0 Å². The van der Waals surface area contributed by atoms with Crippen molar-refractivity contribution in [2.24, 2.45) is 0 Å². The molecule has 6 nitrogen and oxygen atoms in total. The first-order chi connectivity index (χ1) is 12.3. The maximum absolute atomic E-state index is 12.1. The summed E-state index contributed by atoms with van der Waals surface area (Å²) in [5.74, 6) is -0.232. The summed E-state index contributed by atoms with van der Waals surface area (Å²) in [6, 6.07) is 7.50. The van der Waals surface area contributed by atoms with Crippen molar-refractivity contribution in [3.8, 4) is 11.5 Å². The number of amides is 2. The molecule has 0 atom stereocenters. The number of ether oxygens (including phenoxy) is 2. The molecule has 0 unspecified atom stereocenters. The molecule has 26 heavy (non-hydrogen) atoms. The van der Waals surface area contributed by atoms with E-state index >= 15 is 0 Å². The fourth-order valence-electron chi connectivity index (χ4n) is 2.08. The Hall–Kier alpha value is -2.15. The predicted octanol–water partition coefficient (Wildman–Crippen LogP) is 4.03. The third-order valence-corrected chi connectivity index (χ3v) is 4.18. The number of hydrogen-bond acceptors (Lipinski definition) is 4. The van der Waals surface area contributed by atoms with E-state index in [-0.39, 0.29) is 17.1 Å². The summed E-state index contributed by atoms with van der Waals surface area (Å²) in [5, 5.41) is 6.05. The van der Waals surface area contributed by atoms with Crippen LogP contribution >= 0.6 is 34.8 Å². The van der Waals surface area contributed by atoms with E-state index in [4.69, 9.17) is 44.3 Å². The molecule has 2 N–H and O–H groups in total. The number of hydrogen-bond donors (Lipinski definition) is 2. The normalized spacial score (nSPS) is 10.2. The zero-order chi connectivity index (χ0) is 19.3. The predicted molar refractivity (Wildman–Crippen MR) is 102 cm³/mol. The summed E-state index contributed by atoms with van der Waals surface area (Å²) in [4.78, 5) is 24.3. The van der Waals surface area contributed by atoms with Crippen LogP contribution in [0.15, 0.2) is 30.3 Å². The average molecular weight is 418 g/mol. The monoisotopic (exact) mass is 416 g/mol. The number of rotatable bonds is 6. The van der Waals surface area contributed by atoms with Gasteiger partial charge < -0.3 is 20.1 Å². The van der Waals surface area contributed by atoms with Gasteiger partial charge in [0.25, 0.3) is 5.91 Å². The van der Waals surface area contributed by atoms with Crippen molar-refractivity contribution in [3.05, 3.63) is 51.0 Å². The number of carbonyl (C=O) groups excluding carboxylic acids is 2. The Morgan fingerprint density at radius 1 is 0.962 bits per heavy atom. The number of benzene rings is 2. The van der Waals surface area contributed by atoms with Gasteiger partial charge in [-0.1, -0.05) is 34.8 Å². The second-order valence-corrected chi connectivity index (χ2v) is 6.29. The first-order valence-electron chi connectivity index (χ1n) is 7.30. The maximum Gasteiger partial charge on any atom is 0.253 e. The van der Waals surface area contributed by atoms with Gasteiger partial charge in [0.2, 0.25) is 5.91 Å². The number of methoxy groups -OCH3 is 2. The number of halogens is 3. The highest BCUT2D eigenvalue weighted by Crippen LogP contribution is 2.35. The molecule has 0 spiro atoms. The van der Waals surface area contributed by atoms with Crippen molar-refractivity contribution in [2.45, 2.75) is 0 Å². The number of anilines is 1. The molecule has 2 aromatic rings. The highest BCUT2D eigenvalue weighted by Gasteiger charge is 2.15. The van der Waals surface area contributed by atoms with Crippen molar-refractivity contribution in [3.63, 3.8) is 0 Å². The molecule has 2 amide bonds. The van der Waals surface area contributed by atoms with E-state index in [1.807, 2.05) is 0 Å². The van der Waals surface area contributed by atoms with Crippen molar-refractivity contribution in [1.82, 2.24) is 5.32 Å². The summed E-state index contributed by atoms with van der Waals surface area (Å²) in [6.07, 6.45) is 0. The van der Waals surface area contributed by atoms with Gasteiger partial charge in [-0.05, 0) is 18.2 Å². The van der Waals surface area contributed by atoms with E-state index in [0.29, 0.717) is 27.2 Å². The number of nitrogens with one attached hydrogen (secondary N) is 2. The topological polar surface area (TPSA) is 76.7 Å². The SMILES string of the molecule is COc1cc(NC(=O)CNC(=O)c2ccc(Cl)cc2Cl)c(OC)cc1Cl. The maximum atomic E-state index is 12.1. The Balaban J connectivity index is 2.04. The van der Waals surface area contributed by atoms with Crippen molar-refractivity contribution >= 4 is 52.3 Å².